The van der Waals surface area contributed by atoms with Crippen LogP contribution >= 0.6 is 0 Å². The molecule has 29 heavy (non-hydrogen) atoms. The van der Waals surface area contributed by atoms with E-state index < -0.39 is 6.10 Å². The molecule has 1 fully saturated rings. The lowest BCUT2D eigenvalue weighted by Gasteiger charge is -2.28. The fraction of sp³-hybridized carbons (Fsp3) is 0.478. The first kappa shape index (κ1) is 20.2. The smallest absolute Gasteiger partial charge is 0.161 e. The van der Waals surface area contributed by atoms with E-state index in [0.717, 1.165) is 45.9 Å². The van der Waals surface area contributed by atoms with Crippen LogP contribution in [0.25, 0.3) is 0 Å². The molecule has 0 saturated carbocycles. The van der Waals surface area contributed by atoms with Gasteiger partial charge in [-0.05, 0) is 28.8 Å². The fourth-order valence-electron chi connectivity index (χ4n) is 4.02. The molecule has 0 bridgehead atoms. The summed E-state index contributed by atoms with van der Waals surface area (Å²) in [4.78, 5) is 4.62. The van der Waals surface area contributed by atoms with Crippen molar-refractivity contribution in [1.29, 1.82) is 0 Å². The van der Waals surface area contributed by atoms with Crippen LogP contribution < -0.4 is 9.47 Å². The maximum Gasteiger partial charge on any atom is 0.161 e. The van der Waals surface area contributed by atoms with E-state index in [0.29, 0.717) is 18.0 Å². The third-order valence-corrected chi connectivity index (χ3v) is 5.54. The van der Waals surface area contributed by atoms with Gasteiger partial charge >= 0.3 is 0 Å². The maximum atomic E-state index is 10.3. The lowest BCUT2D eigenvalue weighted by Crippen LogP contribution is -2.42. The Morgan fingerprint density at radius 1 is 1.00 bits per heavy atom. The van der Waals surface area contributed by atoms with Crippen molar-refractivity contribution in [2.45, 2.75) is 25.7 Å². The minimum absolute atomic E-state index is 0.245. The number of morpholine rings is 1. The van der Waals surface area contributed by atoms with Crippen molar-refractivity contribution in [1.82, 2.24) is 9.80 Å². The van der Waals surface area contributed by atoms with Gasteiger partial charge in [0.2, 0.25) is 0 Å². The molecule has 0 aromatic heterocycles. The first-order valence-corrected chi connectivity index (χ1v) is 10.3. The number of β-amino-alcohol motifs (C(OH)–C–C–N with tert-alkyl or cyclic N) is 1. The van der Waals surface area contributed by atoms with Crippen LogP contribution in [0.15, 0.2) is 42.5 Å². The van der Waals surface area contributed by atoms with E-state index in [-0.39, 0.29) is 6.61 Å². The molecule has 156 valence electrons. The maximum absolute atomic E-state index is 10.3. The highest BCUT2D eigenvalue weighted by Gasteiger charge is 2.19. The molecule has 6 heteroatoms. The number of hydrogen-bond acceptors (Lipinski definition) is 6. The standard InChI is InChI=1S/C23H30N2O4/c1-27-23-12-18(13-25-14-19-4-2-3-5-20(19)15-25)6-7-22(23)29-17-21(26)16-24-8-10-28-11-9-24/h2-7,12,21,26H,8-11,13-17H2,1H3/t21-/m0/s1. The van der Waals surface area contributed by atoms with Crippen LogP contribution in [0.5, 0.6) is 11.5 Å². The summed E-state index contributed by atoms with van der Waals surface area (Å²) in [7, 11) is 1.65. The zero-order chi connectivity index (χ0) is 20.1. The molecular formula is C23H30N2O4. The number of rotatable bonds is 8. The number of methoxy groups -OCH3 is 1. The van der Waals surface area contributed by atoms with Crippen LogP contribution in [0.2, 0.25) is 0 Å². The SMILES string of the molecule is COc1cc(CN2Cc3ccccc3C2)ccc1OC[C@@H](O)CN1CCOCC1. The molecule has 2 aliphatic rings. The van der Waals surface area contributed by atoms with Gasteiger partial charge in [0.05, 0.1) is 20.3 Å². The first-order chi connectivity index (χ1) is 14.2. The summed E-state index contributed by atoms with van der Waals surface area (Å²) in [5, 5.41) is 10.3. The molecule has 1 atom stereocenters. The first-order valence-electron chi connectivity index (χ1n) is 10.3. The van der Waals surface area contributed by atoms with E-state index in [1.54, 1.807) is 7.11 Å². The van der Waals surface area contributed by atoms with E-state index in [2.05, 4.69) is 40.1 Å². The summed E-state index contributed by atoms with van der Waals surface area (Å²) < 4.78 is 16.7. The Morgan fingerprint density at radius 3 is 2.41 bits per heavy atom. The molecule has 2 aromatic rings. The summed E-state index contributed by atoms with van der Waals surface area (Å²) in [5.74, 6) is 1.37. The van der Waals surface area contributed by atoms with Gasteiger partial charge in [0, 0.05) is 39.3 Å². The van der Waals surface area contributed by atoms with Crippen molar-refractivity contribution in [3.05, 3.63) is 59.2 Å². The Hall–Kier alpha value is -2.12. The molecule has 2 aliphatic heterocycles. The molecule has 0 amide bonds. The van der Waals surface area contributed by atoms with Gasteiger partial charge in [0.25, 0.3) is 0 Å². The fourth-order valence-corrected chi connectivity index (χ4v) is 4.02. The number of nitrogens with zero attached hydrogens (tertiary/aromatic N) is 2. The normalized spacial score (nSPS) is 18.4. The highest BCUT2D eigenvalue weighted by Crippen LogP contribution is 2.30. The van der Waals surface area contributed by atoms with Crippen LogP contribution in [0.3, 0.4) is 0 Å². The average molecular weight is 399 g/mol. The summed E-state index contributed by atoms with van der Waals surface area (Å²) >= 11 is 0. The zero-order valence-electron chi connectivity index (χ0n) is 17.0. The van der Waals surface area contributed by atoms with Gasteiger partial charge in [0.15, 0.2) is 11.5 Å². The number of aliphatic hydroxyl groups is 1. The molecule has 1 saturated heterocycles. The van der Waals surface area contributed by atoms with Crippen molar-refractivity contribution < 1.29 is 19.3 Å². The number of ether oxygens (including phenoxy) is 3. The predicted octanol–water partition coefficient (Wildman–Crippen LogP) is 2.28. The second-order valence-corrected chi connectivity index (χ2v) is 7.78. The molecule has 2 heterocycles. The molecule has 2 aromatic carbocycles. The van der Waals surface area contributed by atoms with Crippen LogP contribution in [0, 0.1) is 0 Å². The Balaban J connectivity index is 1.31. The van der Waals surface area contributed by atoms with Crippen molar-refractivity contribution >= 4 is 0 Å². The van der Waals surface area contributed by atoms with Crippen molar-refractivity contribution in [2.75, 3.05) is 46.6 Å². The van der Waals surface area contributed by atoms with E-state index in [1.807, 2.05) is 12.1 Å². The monoisotopic (exact) mass is 398 g/mol. The van der Waals surface area contributed by atoms with Crippen LogP contribution in [0.1, 0.15) is 16.7 Å². The molecule has 6 nitrogen and oxygen atoms in total. The second-order valence-electron chi connectivity index (χ2n) is 7.78. The minimum Gasteiger partial charge on any atom is -0.493 e. The number of hydrogen-bond donors (Lipinski definition) is 1. The lowest BCUT2D eigenvalue weighted by molar-refractivity contribution is 0.00445. The minimum atomic E-state index is -0.541. The number of benzene rings is 2. The number of aliphatic hydroxyl groups excluding tert-OH is 1. The van der Waals surface area contributed by atoms with Crippen LogP contribution in [-0.4, -0.2) is 67.6 Å². The Bertz CT molecular complexity index is 782. The summed E-state index contributed by atoms with van der Waals surface area (Å²) in [6.07, 6.45) is -0.541. The van der Waals surface area contributed by atoms with Gasteiger partial charge in [-0.3, -0.25) is 9.80 Å². The van der Waals surface area contributed by atoms with E-state index in [9.17, 15) is 5.11 Å². The summed E-state index contributed by atoms with van der Waals surface area (Å²) in [6.45, 7) is 6.83. The Kier molecular flexibility index (Phi) is 6.67. The molecule has 0 spiro atoms. The molecular weight excluding hydrogens is 368 g/mol. The van der Waals surface area contributed by atoms with Gasteiger partial charge in [-0.2, -0.15) is 0 Å². The highest BCUT2D eigenvalue weighted by atomic mass is 16.5. The Morgan fingerprint density at radius 2 is 1.72 bits per heavy atom. The molecule has 0 aliphatic carbocycles. The van der Waals surface area contributed by atoms with E-state index in [1.165, 1.54) is 16.7 Å². The van der Waals surface area contributed by atoms with Crippen molar-refractivity contribution in [2.24, 2.45) is 0 Å². The topological polar surface area (TPSA) is 54.4 Å². The molecule has 1 N–H and O–H groups in total. The molecule has 4 rings (SSSR count). The lowest BCUT2D eigenvalue weighted by atomic mass is 10.1. The van der Waals surface area contributed by atoms with Gasteiger partial charge < -0.3 is 19.3 Å². The van der Waals surface area contributed by atoms with Gasteiger partial charge in [-0.25, -0.2) is 0 Å². The summed E-state index contributed by atoms with van der Waals surface area (Å²) in [5.41, 5.74) is 4.01. The Labute approximate surface area is 172 Å². The van der Waals surface area contributed by atoms with Gasteiger partial charge in [-0.1, -0.05) is 30.3 Å². The third-order valence-electron chi connectivity index (χ3n) is 5.54. The average Bonchev–Trinajstić information content (AvgIpc) is 3.15. The molecule has 0 unspecified atom stereocenters. The van der Waals surface area contributed by atoms with Crippen molar-refractivity contribution in [3.8, 4) is 11.5 Å². The summed E-state index contributed by atoms with van der Waals surface area (Å²) in [6, 6.07) is 14.7. The van der Waals surface area contributed by atoms with Gasteiger partial charge in [-0.15, -0.1) is 0 Å². The van der Waals surface area contributed by atoms with Crippen LogP contribution in [0.4, 0.5) is 0 Å². The van der Waals surface area contributed by atoms with E-state index in [4.69, 9.17) is 14.2 Å². The predicted molar refractivity (Wildman–Crippen MR) is 111 cm³/mol. The second kappa shape index (κ2) is 9.59. The van der Waals surface area contributed by atoms with Crippen LogP contribution in [-0.2, 0) is 24.4 Å². The van der Waals surface area contributed by atoms with E-state index >= 15 is 0 Å². The van der Waals surface area contributed by atoms with Crippen molar-refractivity contribution in [3.63, 3.8) is 0 Å². The largest absolute Gasteiger partial charge is 0.493 e. The zero-order valence-corrected chi connectivity index (χ0v) is 17.0. The number of fused-ring (bicyclic) bond motifs is 1. The highest BCUT2D eigenvalue weighted by molar-refractivity contribution is 5.43. The molecule has 0 radical (unpaired) electrons. The quantitative estimate of drug-likeness (QED) is 0.736. The van der Waals surface area contributed by atoms with Gasteiger partial charge in [0.1, 0.15) is 12.7 Å². The third kappa shape index (κ3) is 5.28.